The van der Waals surface area contributed by atoms with Crippen molar-refractivity contribution in [2.24, 2.45) is 5.92 Å². The number of nitrogens with one attached hydrogen (secondary N) is 1. The number of hydrogen-bond donors (Lipinski definition) is 1. The van der Waals surface area contributed by atoms with Gasteiger partial charge < -0.3 is 10.2 Å². The molecule has 1 aromatic heterocycles. The Hall–Kier alpha value is -2.70. The van der Waals surface area contributed by atoms with Gasteiger partial charge in [-0.1, -0.05) is 0 Å². The third kappa shape index (κ3) is 3.08. The van der Waals surface area contributed by atoms with E-state index in [1.807, 2.05) is 4.90 Å². The van der Waals surface area contributed by atoms with Crippen LogP contribution >= 0.6 is 0 Å². The maximum atomic E-state index is 11.4. The highest BCUT2D eigenvalue weighted by Crippen LogP contribution is 2.30. The first kappa shape index (κ1) is 15.2. The van der Waals surface area contributed by atoms with Crippen LogP contribution in [-0.4, -0.2) is 40.3 Å². The average Bonchev–Trinajstić information content (AvgIpc) is 3.01. The number of pyridine rings is 1. The van der Waals surface area contributed by atoms with Crippen molar-refractivity contribution < 1.29 is 9.72 Å². The first-order chi connectivity index (χ1) is 11.1. The van der Waals surface area contributed by atoms with E-state index >= 15 is 0 Å². The lowest BCUT2D eigenvalue weighted by Crippen LogP contribution is -2.27. The Balaban J connectivity index is 1.78. The van der Waals surface area contributed by atoms with Gasteiger partial charge in [-0.05, 0) is 30.5 Å². The molecule has 0 bridgehead atoms. The summed E-state index contributed by atoms with van der Waals surface area (Å²) in [5.41, 5.74) is 1.44. The van der Waals surface area contributed by atoms with Gasteiger partial charge in [0, 0.05) is 38.8 Å². The van der Waals surface area contributed by atoms with Crippen molar-refractivity contribution in [2.75, 3.05) is 25.0 Å². The number of non-ortho nitro benzene ring substituents is 1. The second kappa shape index (κ2) is 6.20. The molecule has 2 aromatic rings. The predicted molar refractivity (Wildman–Crippen MR) is 87.2 cm³/mol. The normalized spacial score (nSPS) is 17.4. The zero-order valence-corrected chi connectivity index (χ0v) is 12.9. The predicted octanol–water partition coefficient (Wildman–Crippen LogP) is 2.42. The molecular formula is C16H18N4O3. The van der Waals surface area contributed by atoms with E-state index in [0.29, 0.717) is 23.4 Å². The molecule has 1 N–H and O–H groups in total. The lowest BCUT2D eigenvalue weighted by atomic mass is 10.1. The highest BCUT2D eigenvalue weighted by molar-refractivity contribution is 5.96. The monoisotopic (exact) mass is 314 g/mol. The van der Waals surface area contributed by atoms with Gasteiger partial charge in [-0.3, -0.25) is 19.9 Å². The minimum atomic E-state index is -0.393. The highest BCUT2D eigenvalue weighted by atomic mass is 16.6. The van der Waals surface area contributed by atoms with Crippen LogP contribution in [0.5, 0.6) is 0 Å². The summed E-state index contributed by atoms with van der Waals surface area (Å²) in [6.45, 7) is 3.85. The summed E-state index contributed by atoms with van der Waals surface area (Å²) < 4.78 is 0. The Bertz CT molecular complexity index is 762. The van der Waals surface area contributed by atoms with Gasteiger partial charge in [-0.2, -0.15) is 0 Å². The highest BCUT2D eigenvalue weighted by Gasteiger charge is 2.24. The van der Waals surface area contributed by atoms with Crippen LogP contribution in [0, 0.1) is 16.0 Å². The Morgan fingerprint density at radius 3 is 3.00 bits per heavy atom. The van der Waals surface area contributed by atoms with E-state index in [4.69, 9.17) is 0 Å². The molecule has 1 saturated heterocycles. The zero-order chi connectivity index (χ0) is 16.4. The quantitative estimate of drug-likeness (QED) is 0.691. The van der Waals surface area contributed by atoms with Crippen LogP contribution in [0.3, 0.4) is 0 Å². The number of carbonyl (C=O) groups excluding carboxylic acids is 1. The van der Waals surface area contributed by atoms with Gasteiger partial charge in [0.25, 0.3) is 5.69 Å². The van der Waals surface area contributed by atoms with Gasteiger partial charge in [0.2, 0.25) is 5.91 Å². The Labute approximate surface area is 133 Å². The summed E-state index contributed by atoms with van der Waals surface area (Å²) >= 11 is 0. The van der Waals surface area contributed by atoms with Gasteiger partial charge in [0.05, 0.1) is 16.0 Å². The molecule has 1 atom stereocenters. The molecule has 7 nitrogen and oxygen atoms in total. The van der Waals surface area contributed by atoms with Crippen molar-refractivity contribution in [3.63, 3.8) is 0 Å². The van der Waals surface area contributed by atoms with Gasteiger partial charge in [-0.15, -0.1) is 0 Å². The minimum Gasteiger partial charge on any atom is -0.383 e. The number of anilines is 1. The van der Waals surface area contributed by atoms with Crippen molar-refractivity contribution in [3.05, 3.63) is 40.6 Å². The number of rotatable bonds is 4. The van der Waals surface area contributed by atoms with Gasteiger partial charge in [-0.25, -0.2) is 0 Å². The van der Waals surface area contributed by atoms with Crippen LogP contribution < -0.4 is 5.32 Å². The second-order valence-corrected chi connectivity index (χ2v) is 5.79. The fraction of sp³-hybridized carbons (Fsp3) is 0.375. The van der Waals surface area contributed by atoms with Crippen molar-refractivity contribution in [1.29, 1.82) is 0 Å². The van der Waals surface area contributed by atoms with Crippen LogP contribution in [0.1, 0.15) is 13.3 Å². The molecule has 23 heavy (non-hydrogen) atoms. The molecule has 7 heteroatoms. The molecular weight excluding hydrogens is 296 g/mol. The average molecular weight is 314 g/mol. The Morgan fingerprint density at radius 1 is 1.48 bits per heavy atom. The molecule has 3 rings (SSSR count). The number of hydrogen-bond acceptors (Lipinski definition) is 5. The number of nitro groups is 1. The van der Waals surface area contributed by atoms with Crippen LogP contribution in [0.25, 0.3) is 10.9 Å². The molecule has 0 spiro atoms. The number of nitro benzene ring substituents is 1. The second-order valence-electron chi connectivity index (χ2n) is 5.79. The molecule has 1 fully saturated rings. The van der Waals surface area contributed by atoms with E-state index in [0.717, 1.165) is 25.2 Å². The SMILES string of the molecule is CC(=O)N1CC[C@@H](CNc2ccc([N+](=O)[O-])c3cccnc23)C1. The number of fused-ring (bicyclic) bond motifs is 1. The van der Waals surface area contributed by atoms with Crippen LogP contribution in [0.4, 0.5) is 11.4 Å². The maximum absolute atomic E-state index is 11.4. The topological polar surface area (TPSA) is 88.4 Å². The van der Waals surface area contributed by atoms with Crippen LogP contribution in [0.15, 0.2) is 30.5 Å². The van der Waals surface area contributed by atoms with Crippen molar-refractivity contribution in [3.8, 4) is 0 Å². The van der Waals surface area contributed by atoms with E-state index in [1.54, 1.807) is 31.3 Å². The lowest BCUT2D eigenvalue weighted by molar-refractivity contribution is -0.383. The number of carbonyl (C=O) groups is 1. The summed E-state index contributed by atoms with van der Waals surface area (Å²) in [4.78, 5) is 28.2. The number of likely N-dealkylation sites (tertiary alicyclic amines) is 1. The van der Waals surface area contributed by atoms with Crippen molar-refractivity contribution >= 4 is 28.2 Å². The molecule has 0 radical (unpaired) electrons. The molecule has 1 aliphatic rings. The van der Waals surface area contributed by atoms with Gasteiger partial charge in [0.1, 0.15) is 5.52 Å². The summed E-state index contributed by atoms with van der Waals surface area (Å²) in [6, 6.07) is 6.60. The van der Waals surface area contributed by atoms with Crippen molar-refractivity contribution in [2.45, 2.75) is 13.3 Å². The summed E-state index contributed by atoms with van der Waals surface area (Å²) in [5.74, 6) is 0.489. The summed E-state index contributed by atoms with van der Waals surface area (Å²) in [7, 11) is 0. The molecule has 1 aliphatic heterocycles. The van der Waals surface area contributed by atoms with E-state index in [9.17, 15) is 14.9 Å². The molecule has 0 saturated carbocycles. The number of nitrogens with zero attached hydrogens (tertiary/aromatic N) is 3. The van der Waals surface area contributed by atoms with E-state index in [1.165, 1.54) is 6.07 Å². The molecule has 1 aromatic carbocycles. The number of amides is 1. The molecule has 0 aliphatic carbocycles. The van der Waals surface area contributed by atoms with E-state index in [-0.39, 0.29) is 11.6 Å². The Morgan fingerprint density at radius 2 is 2.30 bits per heavy atom. The Kier molecular flexibility index (Phi) is 4.10. The van der Waals surface area contributed by atoms with Crippen LogP contribution in [0.2, 0.25) is 0 Å². The standard InChI is InChI=1S/C16H18N4O3/c1-11(21)19-8-6-12(10-19)9-18-14-4-5-15(20(22)23)13-3-2-7-17-16(13)14/h2-5,7,12,18H,6,8-10H2,1H3/t12-/m0/s1. The third-order valence-electron chi connectivity index (χ3n) is 4.26. The maximum Gasteiger partial charge on any atom is 0.278 e. The van der Waals surface area contributed by atoms with Gasteiger partial charge >= 0.3 is 0 Å². The molecule has 2 heterocycles. The molecule has 120 valence electrons. The zero-order valence-electron chi connectivity index (χ0n) is 12.9. The van der Waals surface area contributed by atoms with Gasteiger partial charge in [0.15, 0.2) is 0 Å². The van der Waals surface area contributed by atoms with E-state index in [2.05, 4.69) is 10.3 Å². The first-order valence-corrected chi connectivity index (χ1v) is 7.58. The third-order valence-corrected chi connectivity index (χ3v) is 4.26. The number of benzene rings is 1. The lowest BCUT2D eigenvalue weighted by Gasteiger charge is -2.15. The smallest absolute Gasteiger partial charge is 0.278 e. The summed E-state index contributed by atoms with van der Waals surface area (Å²) in [6.07, 6.45) is 2.59. The summed E-state index contributed by atoms with van der Waals surface area (Å²) in [5, 5.41) is 15.0. The number of aromatic nitrogens is 1. The molecule has 1 amide bonds. The largest absolute Gasteiger partial charge is 0.383 e. The van der Waals surface area contributed by atoms with Crippen molar-refractivity contribution in [1.82, 2.24) is 9.88 Å². The fourth-order valence-corrected chi connectivity index (χ4v) is 3.00. The first-order valence-electron chi connectivity index (χ1n) is 7.58. The minimum absolute atomic E-state index is 0.0577. The van der Waals surface area contributed by atoms with Crippen LogP contribution in [-0.2, 0) is 4.79 Å². The van der Waals surface area contributed by atoms with E-state index < -0.39 is 4.92 Å². The molecule has 0 unspecified atom stereocenters. The fourth-order valence-electron chi connectivity index (χ4n) is 3.00.